The second-order valence-electron chi connectivity index (χ2n) is 1.13. The molecule has 0 radical (unpaired) electrons. The minimum atomic E-state index is -3.13. The largest absolute Gasteiger partial charge is 2.00 e. The van der Waals surface area contributed by atoms with Crippen LogP contribution in [0, 0.1) is 0 Å². The molecule has 0 aliphatic carbocycles. The monoisotopic (exact) mass is 354 g/mol. The minimum absolute atomic E-state index is 0. The van der Waals surface area contributed by atoms with Gasteiger partial charge in [0.15, 0.2) is 0 Å². The molecule has 0 fully saturated rings. The van der Waals surface area contributed by atoms with Gasteiger partial charge in [-0.1, -0.05) is 0 Å². The maximum absolute atomic E-state index is 8.74. The number of rotatable bonds is 0. The molecule has 0 amide bonds. The van der Waals surface area contributed by atoms with Crippen molar-refractivity contribution < 1.29 is 59.1 Å². The van der Waals surface area contributed by atoms with Crippen LogP contribution in [0.2, 0.25) is 0 Å². The number of hydrogen-bond acceptors (Lipinski definition) is 4. The second kappa shape index (κ2) is 24.8. The molecule has 0 aromatic rings. The fourth-order valence-electron chi connectivity index (χ4n) is 0. The molecule has 0 bridgehead atoms. The maximum atomic E-state index is 8.74. The molecule has 0 unspecified atom stereocenters. The molecule has 0 aromatic carbocycles. The Morgan fingerprint density at radius 1 is 0.471 bits per heavy atom. The van der Waals surface area contributed by atoms with E-state index in [1.54, 1.807) is 0 Å². The Kier molecular flexibility index (Phi) is 43.9. The molecule has 0 saturated heterocycles. The van der Waals surface area contributed by atoms with Crippen molar-refractivity contribution in [2.24, 2.45) is 0 Å². The first-order valence-electron chi connectivity index (χ1n) is 2.61. The van der Waals surface area contributed by atoms with Gasteiger partial charge in [-0.25, -0.2) is 0 Å². The van der Waals surface area contributed by atoms with E-state index in [-0.39, 0.29) is 40.6 Å². The minimum Gasteiger partial charge on any atom is -1.00 e. The third-order valence-electron chi connectivity index (χ3n) is 0. The molecule has 0 aromatic heterocycles. The van der Waals surface area contributed by atoms with Crippen molar-refractivity contribution in [3.8, 4) is 0 Å². The zero-order valence-corrected chi connectivity index (χ0v) is 14.1. The van der Waals surface area contributed by atoms with Gasteiger partial charge in [0, 0.05) is 0 Å². The van der Waals surface area contributed by atoms with Crippen molar-refractivity contribution in [1.29, 1.82) is 0 Å². The summed E-state index contributed by atoms with van der Waals surface area (Å²) in [4.78, 5) is 57.3. The molecule has 0 heterocycles. The molecule has 0 spiro atoms. The van der Waals surface area contributed by atoms with Gasteiger partial charge in [0.1, 0.15) is 0 Å². The van der Waals surface area contributed by atoms with Crippen LogP contribution in [-0.4, -0.2) is 113 Å². The standard InChI is InChI=1S/Ca.4H2O3Si.2H/c;4*1-4(2)3;;/h;4*1-2H;;/q+2;;;;;2*-1. The van der Waals surface area contributed by atoms with E-state index in [2.05, 4.69) is 0 Å². The van der Waals surface area contributed by atoms with E-state index < -0.39 is 36.7 Å². The van der Waals surface area contributed by atoms with Crippen LogP contribution >= 0.6 is 0 Å². The van der Waals surface area contributed by atoms with Gasteiger partial charge in [-0.3, -0.25) is 17.8 Å². The third kappa shape index (κ3) is 39800. The van der Waals surface area contributed by atoms with Crippen molar-refractivity contribution in [3.05, 3.63) is 0 Å². The van der Waals surface area contributed by atoms with Crippen LogP contribution in [0.1, 0.15) is 2.85 Å². The summed E-state index contributed by atoms with van der Waals surface area (Å²) >= 11 is 0. The van der Waals surface area contributed by atoms with Crippen molar-refractivity contribution in [1.82, 2.24) is 0 Å². The molecule has 17 heavy (non-hydrogen) atoms. The van der Waals surface area contributed by atoms with Gasteiger partial charge in [-0.05, 0) is 0 Å². The van der Waals surface area contributed by atoms with Gasteiger partial charge >= 0.3 is 74.4 Å². The van der Waals surface area contributed by atoms with E-state index in [0.717, 1.165) is 0 Å². The third-order valence-corrected chi connectivity index (χ3v) is 0. The van der Waals surface area contributed by atoms with Gasteiger partial charge < -0.3 is 41.2 Å². The van der Waals surface area contributed by atoms with E-state index >= 15 is 0 Å². The van der Waals surface area contributed by atoms with E-state index in [0.29, 0.717) is 0 Å². The Bertz CT molecular complexity index is 168. The molecular weight excluding hydrogens is 344 g/mol. The predicted molar refractivity (Wildman–Crippen MR) is 51.5 cm³/mol. The van der Waals surface area contributed by atoms with E-state index in [1.807, 2.05) is 0 Å². The first-order chi connectivity index (χ1) is 6.93. The van der Waals surface area contributed by atoms with Crippen LogP contribution in [0.15, 0.2) is 0 Å². The van der Waals surface area contributed by atoms with Crippen molar-refractivity contribution in [3.63, 3.8) is 0 Å². The predicted octanol–water partition coefficient (Wildman–Crippen LogP) is -6.61. The first-order valence-corrected chi connectivity index (χ1v) is 7.82. The Hall–Kier alpha value is -0.273. The van der Waals surface area contributed by atoms with Crippen LogP contribution in [-0.2, 0) is 17.8 Å². The summed E-state index contributed by atoms with van der Waals surface area (Å²) in [6.07, 6.45) is 0. The summed E-state index contributed by atoms with van der Waals surface area (Å²) in [7, 11) is -12.5. The quantitative estimate of drug-likeness (QED) is 0.190. The summed E-state index contributed by atoms with van der Waals surface area (Å²) in [5.41, 5.74) is 0. The molecule has 0 aliphatic heterocycles. The average Bonchev–Trinajstić information content (AvgIpc) is 1.76. The summed E-state index contributed by atoms with van der Waals surface area (Å²) in [6, 6.07) is 0. The zero-order valence-electron chi connectivity index (χ0n) is 9.92. The molecule has 0 rings (SSSR count). The van der Waals surface area contributed by atoms with Gasteiger partial charge in [-0.2, -0.15) is 0 Å². The average molecular weight is 354 g/mol. The first kappa shape index (κ1) is 30.1. The fraction of sp³-hybridized carbons (Fsp3) is 0. The molecule has 0 atom stereocenters. The topological polar surface area (TPSA) is 230 Å². The van der Waals surface area contributed by atoms with E-state index in [4.69, 9.17) is 56.2 Å². The Labute approximate surface area is 133 Å². The molecule has 100 valence electrons. The molecule has 0 aliphatic rings. The molecule has 12 nitrogen and oxygen atoms in total. The molecule has 0 saturated carbocycles. The van der Waals surface area contributed by atoms with E-state index in [1.165, 1.54) is 0 Å². The van der Waals surface area contributed by atoms with Crippen molar-refractivity contribution in [2.45, 2.75) is 0 Å². The molecule has 17 heteroatoms. The summed E-state index contributed by atoms with van der Waals surface area (Å²) in [6.45, 7) is 0. The van der Waals surface area contributed by atoms with Crippen LogP contribution in [0.25, 0.3) is 0 Å². The smallest absolute Gasteiger partial charge is 1.00 e. The van der Waals surface area contributed by atoms with Gasteiger partial charge in [0.2, 0.25) is 0 Å². The second-order valence-corrected chi connectivity index (χ2v) is 3.39. The van der Waals surface area contributed by atoms with Crippen molar-refractivity contribution in [2.75, 3.05) is 0 Å². The van der Waals surface area contributed by atoms with Crippen LogP contribution in [0.5, 0.6) is 0 Å². The fourth-order valence-corrected chi connectivity index (χ4v) is 0. The van der Waals surface area contributed by atoms with Crippen molar-refractivity contribution >= 4 is 74.4 Å². The zero-order chi connectivity index (χ0) is 14.3. The number of hydrogen-bond donors (Lipinski definition) is 8. The maximum Gasteiger partial charge on any atom is 2.00 e. The summed E-state index contributed by atoms with van der Waals surface area (Å²) in [5, 5.41) is 0. The van der Waals surface area contributed by atoms with Crippen LogP contribution in [0.4, 0.5) is 0 Å². The molecule has 8 N–H and O–H groups in total. The Balaban J connectivity index is -0.0000000192. The summed E-state index contributed by atoms with van der Waals surface area (Å²) in [5.74, 6) is 0. The van der Waals surface area contributed by atoms with Crippen LogP contribution < -0.4 is 0 Å². The van der Waals surface area contributed by atoms with Crippen LogP contribution in [0.3, 0.4) is 0 Å². The Morgan fingerprint density at radius 3 is 0.471 bits per heavy atom. The SMILES string of the molecule is O=[Si](O)O.O=[Si](O)O.O=[Si](O)O.O=[Si](O)O.[Ca+2].[H-].[H-]. The Morgan fingerprint density at radius 2 is 0.471 bits per heavy atom. The van der Waals surface area contributed by atoms with E-state index in [9.17, 15) is 0 Å². The van der Waals surface area contributed by atoms with Gasteiger partial charge in [-0.15, -0.1) is 0 Å². The molecular formula is H10CaO12Si4. The van der Waals surface area contributed by atoms with Gasteiger partial charge in [0.05, 0.1) is 0 Å². The van der Waals surface area contributed by atoms with Gasteiger partial charge in [0.25, 0.3) is 0 Å². The summed E-state index contributed by atoms with van der Waals surface area (Å²) < 4.78 is 35.0. The normalized spacial score (nSPS) is 5.65.